The van der Waals surface area contributed by atoms with Gasteiger partial charge < -0.3 is 4.42 Å². The fraction of sp³-hybridized carbons (Fsp3) is 0.222. The number of hydrogen-bond donors (Lipinski definition) is 0. The number of halogens is 2. The van der Waals surface area contributed by atoms with Crippen LogP contribution in [-0.4, -0.2) is 11.2 Å². The Kier molecular flexibility index (Phi) is 2.58. The smallest absolute Gasteiger partial charge is 0.408 e. The van der Waals surface area contributed by atoms with Crippen molar-refractivity contribution in [2.75, 3.05) is 6.67 Å². The number of benzene rings is 1. The molecule has 2 aromatic rings. The SMILES string of the molecule is O=c1oc2ccc(I)cc2n1CCF. The molecule has 0 N–H and O–H groups in total. The van der Waals surface area contributed by atoms with Gasteiger partial charge in [0.1, 0.15) is 6.67 Å². The predicted octanol–water partition coefficient (Wildman–Crippen LogP) is 2.17. The summed E-state index contributed by atoms with van der Waals surface area (Å²) < 4.78 is 19.4. The summed E-state index contributed by atoms with van der Waals surface area (Å²) in [5.74, 6) is -0.500. The van der Waals surface area contributed by atoms with Crippen LogP contribution < -0.4 is 5.76 Å². The summed E-state index contributed by atoms with van der Waals surface area (Å²) in [7, 11) is 0. The third kappa shape index (κ3) is 1.56. The van der Waals surface area contributed by atoms with Crippen LogP contribution in [0.3, 0.4) is 0 Å². The topological polar surface area (TPSA) is 35.1 Å². The Morgan fingerprint density at radius 2 is 2.29 bits per heavy atom. The monoisotopic (exact) mass is 307 g/mol. The molecule has 0 fully saturated rings. The van der Waals surface area contributed by atoms with E-state index >= 15 is 0 Å². The quantitative estimate of drug-likeness (QED) is 0.797. The lowest BCUT2D eigenvalue weighted by atomic mass is 10.3. The Labute approximate surface area is 92.7 Å². The van der Waals surface area contributed by atoms with E-state index in [1.54, 1.807) is 12.1 Å². The summed E-state index contributed by atoms with van der Waals surface area (Å²) in [4.78, 5) is 11.3. The number of fused-ring (bicyclic) bond motifs is 1. The second kappa shape index (κ2) is 3.72. The number of rotatable bonds is 2. The molecule has 1 aromatic carbocycles. The first-order valence-electron chi connectivity index (χ1n) is 4.07. The summed E-state index contributed by atoms with van der Waals surface area (Å²) in [6, 6.07) is 5.36. The largest absolute Gasteiger partial charge is 0.420 e. The van der Waals surface area contributed by atoms with E-state index in [0.29, 0.717) is 11.1 Å². The van der Waals surface area contributed by atoms with E-state index < -0.39 is 12.4 Å². The number of aryl methyl sites for hydroxylation is 1. The predicted molar refractivity (Wildman–Crippen MR) is 59.2 cm³/mol. The van der Waals surface area contributed by atoms with Crippen LogP contribution in [0, 0.1) is 3.57 Å². The maximum Gasteiger partial charge on any atom is 0.420 e. The molecule has 0 saturated carbocycles. The molecule has 1 aromatic heterocycles. The molecule has 14 heavy (non-hydrogen) atoms. The van der Waals surface area contributed by atoms with E-state index in [4.69, 9.17) is 4.42 Å². The van der Waals surface area contributed by atoms with Crippen molar-refractivity contribution >= 4 is 33.7 Å². The maximum atomic E-state index is 12.2. The molecule has 0 radical (unpaired) electrons. The number of hydrogen-bond acceptors (Lipinski definition) is 2. The molecule has 0 atom stereocenters. The summed E-state index contributed by atoms with van der Waals surface area (Å²) >= 11 is 2.13. The Bertz CT molecular complexity index is 517. The molecule has 0 aliphatic heterocycles. The van der Waals surface area contributed by atoms with E-state index in [0.717, 1.165) is 3.57 Å². The first-order chi connectivity index (χ1) is 6.72. The van der Waals surface area contributed by atoms with Gasteiger partial charge in [0.2, 0.25) is 0 Å². The highest BCUT2D eigenvalue weighted by molar-refractivity contribution is 14.1. The number of oxazole rings is 1. The van der Waals surface area contributed by atoms with E-state index in [1.165, 1.54) is 4.57 Å². The minimum Gasteiger partial charge on any atom is -0.408 e. The highest BCUT2D eigenvalue weighted by Gasteiger charge is 2.08. The van der Waals surface area contributed by atoms with Crippen molar-refractivity contribution in [3.05, 3.63) is 32.3 Å². The average molecular weight is 307 g/mol. The van der Waals surface area contributed by atoms with Gasteiger partial charge in [-0.15, -0.1) is 0 Å². The summed E-state index contributed by atoms with van der Waals surface area (Å²) in [6.45, 7) is -0.522. The zero-order valence-corrected chi connectivity index (χ0v) is 9.32. The molecule has 0 unspecified atom stereocenters. The standard InChI is InChI=1S/C9H7FINO2/c10-3-4-12-7-5-6(11)1-2-8(7)14-9(12)13/h1-2,5H,3-4H2. The van der Waals surface area contributed by atoms with Gasteiger partial charge in [0.25, 0.3) is 0 Å². The minimum absolute atomic E-state index is 0.0475. The number of alkyl halides is 1. The Morgan fingerprint density at radius 1 is 1.50 bits per heavy atom. The van der Waals surface area contributed by atoms with Gasteiger partial charge in [-0.05, 0) is 40.8 Å². The van der Waals surface area contributed by atoms with Gasteiger partial charge in [0.05, 0.1) is 12.1 Å². The Balaban J connectivity index is 2.73. The van der Waals surface area contributed by atoms with Crippen LogP contribution in [0.5, 0.6) is 0 Å². The van der Waals surface area contributed by atoms with Crippen molar-refractivity contribution in [1.29, 1.82) is 0 Å². The van der Waals surface area contributed by atoms with Crippen LogP contribution in [0.1, 0.15) is 0 Å². The van der Waals surface area contributed by atoms with Crippen molar-refractivity contribution in [3.63, 3.8) is 0 Å². The molecule has 5 heteroatoms. The normalized spacial score (nSPS) is 11.0. The van der Waals surface area contributed by atoms with Crippen LogP contribution in [-0.2, 0) is 6.54 Å². The van der Waals surface area contributed by atoms with Crippen molar-refractivity contribution in [2.24, 2.45) is 0 Å². The Morgan fingerprint density at radius 3 is 3.00 bits per heavy atom. The van der Waals surface area contributed by atoms with E-state index in [9.17, 15) is 9.18 Å². The lowest BCUT2D eigenvalue weighted by Gasteiger charge is -1.96. The molecular formula is C9H7FINO2. The summed E-state index contributed by atoms with van der Waals surface area (Å²) in [5.41, 5.74) is 1.16. The zero-order chi connectivity index (χ0) is 10.1. The van der Waals surface area contributed by atoms with E-state index in [2.05, 4.69) is 22.6 Å². The van der Waals surface area contributed by atoms with Crippen LogP contribution in [0.4, 0.5) is 4.39 Å². The molecule has 0 aliphatic rings. The van der Waals surface area contributed by atoms with E-state index in [-0.39, 0.29) is 6.54 Å². The summed E-state index contributed by atoms with van der Waals surface area (Å²) in [6.07, 6.45) is 0. The molecule has 0 amide bonds. The zero-order valence-electron chi connectivity index (χ0n) is 7.17. The molecule has 74 valence electrons. The minimum atomic E-state index is -0.569. The van der Waals surface area contributed by atoms with Crippen molar-refractivity contribution in [1.82, 2.24) is 4.57 Å². The van der Waals surface area contributed by atoms with Gasteiger partial charge in [-0.1, -0.05) is 0 Å². The van der Waals surface area contributed by atoms with Crippen LogP contribution in [0.2, 0.25) is 0 Å². The van der Waals surface area contributed by atoms with Crippen LogP contribution in [0.15, 0.2) is 27.4 Å². The highest BCUT2D eigenvalue weighted by Crippen LogP contribution is 2.16. The fourth-order valence-corrected chi connectivity index (χ4v) is 1.81. The molecule has 0 bridgehead atoms. The number of aromatic nitrogens is 1. The van der Waals surface area contributed by atoms with Gasteiger partial charge in [-0.2, -0.15) is 0 Å². The molecule has 0 saturated heterocycles. The fourth-order valence-electron chi connectivity index (χ4n) is 1.33. The molecule has 1 heterocycles. The van der Waals surface area contributed by atoms with Crippen LogP contribution in [0.25, 0.3) is 11.1 Å². The molecule has 0 spiro atoms. The molecule has 0 aliphatic carbocycles. The molecule has 3 nitrogen and oxygen atoms in total. The second-order valence-corrected chi connectivity index (χ2v) is 4.07. The van der Waals surface area contributed by atoms with E-state index in [1.807, 2.05) is 6.07 Å². The lowest BCUT2D eigenvalue weighted by Crippen LogP contribution is -2.14. The summed E-state index contributed by atoms with van der Waals surface area (Å²) in [5, 5.41) is 0. The van der Waals surface area contributed by atoms with Gasteiger partial charge in [-0.25, -0.2) is 9.18 Å². The van der Waals surface area contributed by atoms with Gasteiger partial charge >= 0.3 is 5.76 Å². The molecular weight excluding hydrogens is 300 g/mol. The first-order valence-corrected chi connectivity index (χ1v) is 5.15. The third-order valence-corrected chi connectivity index (χ3v) is 2.61. The second-order valence-electron chi connectivity index (χ2n) is 2.82. The Hall–Kier alpha value is -0.850. The van der Waals surface area contributed by atoms with Gasteiger partial charge in [0.15, 0.2) is 5.58 Å². The molecule has 2 rings (SSSR count). The van der Waals surface area contributed by atoms with Crippen LogP contribution >= 0.6 is 22.6 Å². The number of nitrogens with zero attached hydrogens (tertiary/aromatic N) is 1. The highest BCUT2D eigenvalue weighted by atomic mass is 127. The van der Waals surface area contributed by atoms with Crippen molar-refractivity contribution in [2.45, 2.75) is 6.54 Å². The van der Waals surface area contributed by atoms with Crippen molar-refractivity contribution in [3.8, 4) is 0 Å². The van der Waals surface area contributed by atoms with Crippen molar-refractivity contribution < 1.29 is 8.81 Å². The lowest BCUT2D eigenvalue weighted by molar-refractivity contribution is 0.422. The average Bonchev–Trinajstić information content (AvgIpc) is 2.45. The first kappa shape index (κ1) is 9.70. The van der Waals surface area contributed by atoms with Gasteiger partial charge in [0, 0.05) is 3.57 Å². The third-order valence-electron chi connectivity index (χ3n) is 1.94. The van der Waals surface area contributed by atoms with Gasteiger partial charge in [-0.3, -0.25) is 4.57 Å². The maximum absolute atomic E-state index is 12.2.